The van der Waals surface area contributed by atoms with Crippen LogP contribution in [0.2, 0.25) is 0 Å². The van der Waals surface area contributed by atoms with Gasteiger partial charge in [0.2, 0.25) is 0 Å². The summed E-state index contributed by atoms with van der Waals surface area (Å²) in [4.78, 5) is 13.9. The van der Waals surface area contributed by atoms with Crippen molar-refractivity contribution in [1.82, 2.24) is 4.90 Å². The fourth-order valence-corrected chi connectivity index (χ4v) is 2.52. The molecular formula is C13H16BrNO4. The van der Waals surface area contributed by atoms with Crippen LogP contribution in [0.1, 0.15) is 17.3 Å². The molecule has 0 aromatic heterocycles. The van der Waals surface area contributed by atoms with Crippen molar-refractivity contribution in [3.8, 4) is 5.75 Å². The number of rotatable bonds is 2. The fourth-order valence-electron chi connectivity index (χ4n) is 2.17. The summed E-state index contributed by atoms with van der Waals surface area (Å²) >= 11 is 3.23. The standard InChI is InChI=1S/C13H16BrNO4/c1-8-5-15(6-10(7-16)19-8)13(18)11-3-2-9(14)4-12(11)17/h2-4,8,10,16-17H,5-7H2,1H3. The Balaban J connectivity index is 2.18. The van der Waals surface area contributed by atoms with E-state index in [2.05, 4.69) is 15.9 Å². The summed E-state index contributed by atoms with van der Waals surface area (Å²) in [5.74, 6) is -0.308. The smallest absolute Gasteiger partial charge is 0.257 e. The van der Waals surface area contributed by atoms with Crippen molar-refractivity contribution in [2.24, 2.45) is 0 Å². The lowest BCUT2D eigenvalue weighted by atomic mass is 10.1. The maximum absolute atomic E-state index is 12.4. The average molecular weight is 330 g/mol. The number of aliphatic hydroxyl groups excluding tert-OH is 1. The van der Waals surface area contributed by atoms with Gasteiger partial charge in [0, 0.05) is 17.6 Å². The zero-order valence-electron chi connectivity index (χ0n) is 10.5. The predicted molar refractivity (Wildman–Crippen MR) is 73.1 cm³/mol. The molecule has 2 rings (SSSR count). The summed E-state index contributed by atoms with van der Waals surface area (Å²) < 4.78 is 6.20. The molecule has 6 heteroatoms. The molecule has 1 saturated heterocycles. The van der Waals surface area contributed by atoms with Crippen molar-refractivity contribution in [3.63, 3.8) is 0 Å². The summed E-state index contributed by atoms with van der Waals surface area (Å²) in [7, 11) is 0. The minimum Gasteiger partial charge on any atom is -0.507 e. The molecule has 0 spiro atoms. The van der Waals surface area contributed by atoms with Gasteiger partial charge < -0.3 is 19.8 Å². The first-order chi connectivity index (χ1) is 9.01. The van der Waals surface area contributed by atoms with Gasteiger partial charge in [-0.1, -0.05) is 15.9 Å². The zero-order valence-corrected chi connectivity index (χ0v) is 12.1. The van der Waals surface area contributed by atoms with Gasteiger partial charge in [0.1, 0.15) is 5.75 Å². The molecule has 1 aromatic rings. The number of carbonyl (C=O) groups excluding carboxylic acids is 1. The summed E-state index contributed by atoms with van der Waals surface area (Å²) in [5.41, 5.74) is 0.258. The quantitative estimate of drug-likeness (QED) is 0.859. The molecule has 2 unspecified atom stereocenters. The van der Waals surface area contributed by atoms with Crippen LogP contribution in [-0.4, -0.2) is 52.9 Å². The molecule has 1 amide bonds. The van der Waals surface area contributed by atoms with E-state index in [0.717, 1.165) is 0 Å². The molecule has 2 atom stereocenters. The first kappa shape index (κ1) is 14.3. The number of phenols is 1. The maximum Gasteiger partial charge on any atom is 0.257 e. The topological polar surface area (TPSA) is 70.0 Å². The van der Waals surface area contributed by atoms with Gasteiger partial charge in [-0.05, 0) is 25.1 Å². The number of phenolic OH excluding ortho intramolecular Hbond substituents is 1. The van der Waals surface area contributed by atoms with Crippen LogP contribution in [0, 0.1) is 0 Å². The lowest BCUT2D eigenvalue weighted by Gasteiger charge is -2.36. The van der Waals surface area contributed by atoms with E-state index in [1.807, 2.05) is 6.92 Å². The lowest BCUT2D eigenvalue weighted by Crippen LogP contribution is -2.50. The van der Waals surface area contributed by atoms with Crippen LogP contribution in [0.25, 0.3) is 0 Å². The molecule has 0 bridgehead atoms. The Morgan fingerprint density at radius 3 is 2.89 bits per heavy atom. The molecule has 1 aromatic carbocycles. The third-order valence-corrected chi connectivity index (χ3v) is 3.50. The SMILES string of the molecule is CC1CN(C(=O)c2ccc(Br)cc2O)CC(CO)O1. The van der Waals surface area contributed by atoms with E-state index in [1.165, 1.54) is 6.07 Å². The monoisotopic (exact) mass is 329 g/mol. The first-order valence-electron chi connectivity index (χ1n) is 6.05. The van der Waals surface area contributed by atoms with Crippen molar-refractivity contribution in [3.05, 3.63) is 28.2 Å². The molecule has 2 N–H and O–H groups in total. The minimum atomic E-state index is -0.370. The van der Waals surface area contributed by atoms with Gasteiger partial charge >= 0.3 is 0 Å². The number of nitrogens with zero attached hydrogens (tertiary/aromatic N) is 1. The Morgan fingerprint density at radius 2 is 2.26 bits per heavy atom. The Labute approximate surface area is 119 Å². The fraction of sp³-hybridized carbons (Fsp3) is 0.462. The normalized spacial score (nSPS) is 23.4. The number of ether oxygens (including phenoxy) is 1. The molecule has 1 aliphatic heterocycles. The van der Waals surface area contributed by atoms with Crippen LogP contribution >= 0.6 is 15.9 Å². The molecule has 0 saturated carbocycles. The highest BCUT2D eigenvalue weighted by molar-refractivity contribution is 9.10. The average Bonchev–Trinajstić information content (AvgIpc) is 2.37. The van der Waals surface area contributed by atoms with Crippen molar-refractivity contribution >= 4 is 21.8 Å². The number of aliphatic hydroxyl groups is 1. The summed E-state index contributed by atoms with van der Waals surface area (Å²) in [5, 5.41) is 19.0. The first-order valence-corrected chi connectivity index (χ1v) is 6.84. The second kappa shape index (κ2) is 5.90. The van der Waals surface area contributed by atoms with Gasteiger partial charge in [0.15, 0.2) is 0 Å². The molecule has 5 nitrogen and oxygen atoms in total. The highest BCUT2D eigenvalue weighted by atomic mass is 79.9. The van der Waals surface area contributed by atoms with Crippen LogP contribution < -0.4 is 0 Å². The van der Waals surface area contributed by atoms with Crippen molar-refractivity contribution in [2.75, 3.05) is 19.7 Å². The van der Waals surface area contributed by atoms with Crippen LogP contribution in [0.4, 0.5) is 0 Å². The molecule has 104 valence electrons. The van der Waals surface area contributed by atoms with Crippen LogP contribution in [0.5, 0.6) is 5.75 Å². The third-order valence-electron chi connectivity index (χ3n) is 3.01. The van der Waals surface area contributed by atoms with E-state index in [1.54, 1.807) is 17.0 Å². The largest absolute Gasteiger partial charge is 0.507 e. The minimum absolute atomic E-state index is 0.0564. The molecule has 1 fully saturated rings. The molecule has 0 radical (unpaired) electrons. The molecule has 1 heterocycles. The van der Waals surface area contributed by atoms with E-state index in [-0.39, 0.29) is 36.0 Å². The van der Waals surface area contributed by atoms with Gasteiger partial charge in [-0.3, -0.25) is 4.79 Å². The molecular weight excluding hydrogens is 314 g/mol. The summed E-state index contributed by atoms with van der Waals surface area (Å²) in [6.07, 6.45) is -0.502. The lowest BCUT2D eigenvalue weighted by molar-refractivity contribution is -0.0859. The van der Waals surface area contributed by atoms with Crippen LogP contribution in [0.3, 0.4) is 0 Å². The van der Waals surface area contributed by atoms with Gasteiger partial charge in [-0.2, -0.15) is 0 Å². The second-order valence-corrected chi connectivity index (χ2v) is 5.54. The van der Waals surface area contributed by atoms with E-state index in [4.69, 9.17) is 9.84 Å². The summed E-state index contributed by atoms with van der Waals surface area (Å²) in [6.45, 7) is 2.50. The zero-order chi connectivity index (χ0) is 14.0. The van der Waals surface area contributed by atoms with Gasteiger partial charge in [0.05, 0.1) is 24.4 Å². The van der Waals surface area contributed by atoms with Gasteiger partial charge in [-0.25, -0.2) is 0 Å². The number of halogens is 1. The van der Waals surface area contributed by atoms with Crippen LogP contribution in [-0.2, 0) is 4.74 Å². The number of hydrogen-bond donors (Lipinski definition) is 2. The van der Waals surface area contributed by atoms with E-state index >= 15 is 0 Å². The Kier molecular flexibility index (Phi) is 4.44. The maximum atomic E-state index is 12.4. The van der Waals surface area contributed by atoms with Crippen LogP contribution in [0.15, 0.2) is 22.7 Å². The van der Waals surface area contributed by atoms with E-state index in [9.17, 15) is 9.90 Å². The number of carbonyl (C=O) groups is 1. The van der Waals surface area contributed by atoms with Gasteiger partial charge in [0.25, 0.3) is 5.91 Å². The number of morpholine rings is 1. The number of benzene rings is 1. The Bertz CT molecular complexity index is 480. The summed E-state index contributed by atoms with van der Waals surface area (Å²) in [6, 6.07) is 4.77. The Hall–Kier alpha value is -1.11. The highest BCUT2D eigenvalue weighted by Gasteiger charge is 2.29. The van der Waals surface area contributed by atoms with E-state index < -0.39 is 0 Å². The Morgan fingerprint density at radius 1 is 1.53 bits per heavy atom. The highest BCUT2D eigenvalue weighted by Crippen LogP contribution is 2.24. The van der Waals surface area contributed by atoms with Crippen molar-refractivity contribution < 1.29 is 19.7 Å². The van der Waals surface area contributed by atoms with Crippen molar-refractivity contribution in [2.45, 2.75) is 19.1 Å². The van der Waals surface area contributed by atoms with Crippen molar-refractivity contribution in [1.29, 1.82) is 0 Å². The third kappa shape index (κ3) is 3.26. The number of amides is 1. The number of aromatic hydroxyl groups is 1. The van der Waals surface area contributed by atoms with Gasteiger partial charge in [-0.15, -0.1) is 0 Å². The second-order valence-electron chi connectivity index (χ2n) is 4.62. The number of hydrogen-bond acceptors (Lipinski definition) is 4. The predicted octanol–water partition coefficient (Wildman–Crippen LogP) is 1.38. The molecule has 19 heavy (non-hydrogen) atoms. The van der Waals surface area contributed by atoms with E-state index in [0.29, 0.717) is 17.6 Å². The molecule has 1 aliphatic rings. The molecule has 0 aliphatic carbocycles.